The Morgan fingerprint density at radius 2 is 1.76 bits per heavy atom. The smallest absolute Gasteiger partial charge is 0.296 e. The molecule has 0 bridgehead atoms. The Kier molecular flexibility index (Phi) is 7.89. The zero-order chi connectivity index (χ0) is 27.6. The number of halogens is 2. The van der Waals surface area contributed by atoms with Crippen molar-refractivity contribution in [1.82, 2.24) is 0 Å². The molecule has 196 valence electrons. The number of nitrogens with zero attached hydrogens (tertiary/aromatic N) is 2. The van der Waals surface area contributed by atoms with Gasteiger partial charge in [-0.3, -0.25) is 9.35 Å². The van der Waals surface area contributed by atoms with Gasteiger partial charge in [0.15, 0.2) is 5.75 Å². The standard InChI is InChI=1S/C26H21Cl2N3O6S/c1-3-14-11-23(38(34,35)36)20(28)13-21(14)30-31-24-17-7-5-4-6-15(17)10-18(25(24)32)26(33)29-16-8-9-22(37-2)19(27)12-16/h4-13,32H,3H2,1-2H3,(H,29,33)(H,34,35,36). The van der Waals surface area contributed by atoms with E-state index in [9.17, 15) is 22.9 Å². The number of fused-ring (bicyclic) bond motifs is 1. The third-order valence-corrected chi connectivity index (χ3v) is 7.31. The van der Waals surface area contributed by atoms with Crippen LogP contribution in [0.2, 0.25) is 10.0 Å². The van der Waals surface area contributed by atoms with E-state index in [0.717, 1.165) is 0 Å². The van der Waals surface area contributed by atoms with Crippen molar-refractivity contribution in [3.63, 3.8) is 0 Å². The first-order chi connectivity index (χ1) is 18.0. The molecule has 0 atom stereocenters. The predicted molar refractivity (Wildman–Crippen MR) is 146 cm³/mol. The number of amides is 1. The molecule has 38 heavy (non-hydrogen) atoms. The number of nitrogens with one attached hydrogen (secondary N) is 1. The van der Waals surface area contributed by atoms with E-state index in [1.165, 1.54) is 31.4 Å². The Morgan fingerprint density at radius 1 is 1.03 bits per heavy atom. The fourth-order valence-corrected chi connectivity index (χ4v) is 5.10. The fourth-order valence-electron chi connectivity index (χ4n) is 3.80. The molecule has 3 N–H and O–H groups in total. The van der Waals surface area contributed by atoms with Gasteiger partial charge in [0.05, 0.1) is 28.4 Å². The molecule has 0 aliphatic heterocycles. The zero-order valence-corrected chi connectivity index (χ0v) is 22.4. The molecule has 0 aliphatic carbocycles. The lowest BCUT2D eigenvalue weighted by Gasteiger charge is -2.12. The minimum atomic E-state index is -4.54. The second kappa shape index (κ2) is 11.0. The highest BCUT2D eigenvalue weighted by atomic mass is 35.5. The van der Waals surface area contributed by atoms with Crippen LogP contribution in [0.1, 0.15) is 22.8 Å². The van der Waals surface area contributed by atoms with E-state index in [-0.39, 0.29) is 22.0 Å². The SMILES string of the molecule is CCc1cc(S(=O)(=O)O)c(Cl)cc1N=Nc1c(O)c(C(=O)Nc2ccc(OC)c(Cl)c2)cc2ccccc12. The zero-order valence-electron chi connectivity index (χ0n) is 20.1. The van der Waals surface area contributed by atoms with Gasteiger partial charge in [-0.25, -0.2) is 0 Å². The Hall–Kier alpha value is -3.70. The van der Waals surface area contributed by atoms with Crippen LogP contribution in [0.3, 0.4) is 0 Å². The molecule has 12 heteroatoms. The Balaban J connectivity index is 1.78. The van der Waals surface area contributed by atoms with Gasteiger partial charge in [-0.15, -0.1) is 5.11 Å². The summed E-state index contributed by atoms with van der Waals surface area (Å²) in [5.74, 6) is -0.582. The number of carbonyl (C=O) groups excluding carboxylic acids is 1. The van der Waals surface area contributed by atoms with Crippen molar-refractivity contribution in [3.8, 4) is 11.5 Å². The number of aryl methyl sites for hydroxylation is 1. The predicted octanol–water partition coefficient (Wildman–Crippen LogP) is 7.34. The number of ether oxygens (including phenoxy) is 1. The third kappa shape index (κ3) is 5.58. The minimum Gasteiger partial charge on any atom is -0.505 e. The highest BCUT2D eigenvalue weighted by Gasteiger charge is 2.20. The lowest BCUT2D eigenvalue weighted by Crippen LogP contribution is -2.12. The summed E-state index contributed by atoms with van der Waals surface area (Å²) < 4.78 is 37.8. The Morgan fingerprint density at radius 3 is 2.42 bits per heavy atom. The maximum atomic E-state index is 13.1. The third-order valence-electron chi connectivity index (χ3n) is 5.70. The van der Waals surface area contributed by atoms with Gasteiger partial charge in [0.2, 0.25) is 0 Å². The number of azo groups is 1. The van der Waals surface area contributed by atoms with Gasteiger partial charge in [0.25, 0.3) is 16.0 Å². The van der Waals surface area contributed by atoms with Crippen LogP contribution in [-0.4, -0.2) is 31.1 Å². The van der Waals surface area contributed by atoms with Gasteiger partial charge < -0.3 is 15.2 Å². The number of aromatic hydroxyl groups is 1. The van der Waals surface area contributed by atoms with Crippen LogP contribution in [0.4, 0.5) is 17.1 Å². The fraction of sp³-hybridized carbons (Fsp3) is 0.115. The molecule has 4 rings (SSSR count). The van der Waals surface area contributed by atoms with E-state index in [2.05, 4.69) is 15.5 Å². The van der Waals surface area contributed by atoms with Crippen LogP contribution in [-0.2, 0) is 16.5 Å². The van der Waals surface area contributed by atoms with Crippen molar-refractivity contribution in [2.45, 2.75) is 18.2 Å². The number of hydrogen-bond donors (Lipinski definition) is 3. The lowest BCUT2D eigenvalue weighted by molar-refractivity contribution is 0.102. The quantitative estimate of drug-likeness (QED) is 0.156. The minimum absolute atomic E-state index is 0.0260. The van der Waals surface area contributed by atoms with E-state index in [1.807, 2.05) is 0 Å². The maximum Gasteiger partial charge on any atom is 0.296 e. The summed E-state index contributed by atoms with van der Waals surface area (Å²) in [7, 11) is -3.06. The molecule has 4 aromatic rings. The number of benzene rings is 4. The Labute approximate surface area is 228 Å². The number of phenolic OH excluding ortho intramolecular Hbond substituents is 1. The molecule has 0 radical (unpaired) electrons. The first-order valence-corrected chi connectivity index (χ1v) is 13.3. The van der Waals surface area contributed by atoms with E-state index in [0.29, 0.717) is 39.2 Å². The number of methoxy groups -OCH3 is 1. The molecule has 4 aromatic carbocycles. The van der Waals surface area contributed by atoms with Gasteiger partial charge in [-0.1, -0.05) is 54.4 Å². The van der Waals surface area contributed by atoms with Crippen molar-refractivity contribution in [2.24, 2.45) is 10.2 Å². The highest BCUT2D eigenvalue weighted by molar-refractivity contribution is 7.86. The normalized spacial score (nSPS) is 11.7. The molecule has 0 saturated heterocycles. The summed E-state index contributed by atoms with van der Waals surface area (Å²) in [6.07, 6.45) is 0.355. The van der Waals surface area contributed by atoms with E-state index < -0.39 is 26.7 Å². The summed E-state index contributed by atoms with van der Waals surface area (Å²) in [4.78, 5) is 12.7. The topological polar surface area (TPSA) is 138 Å². The first kappa shape index (κ1) is 27.3. The maximum absolute atomic E-state index is 13.1. The summed E-state index contributed by atoms with van der Waals surface area (Å²) >= 11 is 12.2. The molecule has 0 heterocycles. The Bertz CT molecular complexity index is 1710. The largest absolute Gasteiger partial charge is 0.505 e. The van der Waals surface area contributed by atoms with Crippen LogP contribution in [0.5, 0.6) is 11.5 Å². The van der Waals surface area contributed by atoms with Crippen LogP contribution in [0.25, 0.3) is 10.8 Å². The van der Waals surface area contributed by atoms with Crippen LogP contribution < -0.4 is 10.1 Å². The molecule has 0 unspecified atom stereocenters. The van der Waals surface area contributed by atoms with Gasteiger partial charge in [-0.2, -0.15) is 13.5 Å². The van der Waals surface area contributed by atoms with Gasteiger partial charge >= 0.3 is 0 Å². The molecular formula is C26H21Cl2N3O6S. The van der Waals surface area contributed by atoms with E-state index in [1.54, 1.807) is 43.3 Å². The number of hydrogen-bond acceptors (Lipinski definition) is 7. The van der Waals surface area contributed by atoms with Crippen molar-refractivity contribution >= 4 is 67.1 Å². The van der Waals surface area contributed by atoms with Crippen molar-refractivity contribution in [2.75, 3.05) is 12.4 Å². The van der Waals surface area contributed by atoms with Gasteiger partial charge in [-0.05, 0) is 53.8 Å². The summed E-state index contributed by atoms with van der Waals surface area (Å²) in [5.41, 5.74) is 1.03. The molecule has 0 aliphatic rings. The second-order valence-electron chi connectivity index (χ2n) is 8.09. The molecule has 1 amide bonds. The molecular weight excluding hydrogens is 553 g/mol. The summed E-state index contributed by atoms with van der Waals surface area (Å²) in [5, 5.41) is 23.4. The molecule has 0 fully saturated rings. The molecule has 0 saturated carbocycles. The van der Waals surface area contributed by atoms with Crippen molar-refractivity contribution < 1.29 is 27.6 Å². The highest BCUT2D eigenvalue weighted by Crippen LogP contribution is 2.41. The number of anilines is 1. The van der Waals surface area contributed by atoms with Gasteiger partial charge in [0.1, 0.15) is 16.3 Å². The second-order valence-corrected chi connectivity index (χ2v) is 10.3. The molecule has 0 aromatic heterocycles. The number of carbonyl (C=O) groups is 1. The number of phenols is 1. The van der Waals surface area contributed by atoms with Crippen molar-refractivity contribution in [1.29, 1.82) is 0 Å². The molecule has 9 nitrogen and oxygen atoms in total. The lowest BCUT2D eigenvalue weighted by atomic mass is 10.0. The molecule has 0 spiro atoms. The van der Waals surface area contributed by atoms with Crippen LogP contribution in [0, 0.1) is 0 Å². The van der Waals surface area contributed by atoms with Gasteiger partial charge in [0, 0.05) is 11.1 Å². The van der Waals surface area contributed by atoms with Crippen molar-refractivity contribution in [3.05, 3.63) is 81.8 Å². The number of rotatable bonds is 7. The average molecular weight is 574 g/mol. The summed E-state index contributed by atoms with van der Waals surface area (Å²) in [6.45, 7) is 1.76. The van der Waals surface area contributed by atoms with Crippen LogP contribution in [0.15, 0.2) is 75.8 Å². The van der Waals surface area contributed by atoms with E-state index in [4.69, 9.17) is 27.9 Å². The summed E-state index contributed by atoms with van der Waals surface area (Å²) in [6, 6.07) is 15.7. The monoisotopic (exact) mass is 573 g/mol. The van der Waals surface area contributed by atoms with Crippen LogP contribution >= 0.6 is 23.2 Å². The first-order valence-electron chi connectivity index (χ1n) is 11.1. The van der Waals surface area contributed by atoms with E-state index >= 15 is 0 Å². The average Bonchev–Trinajstić information content (AvgIpc) is 2.87.